The number of rotatable bonds is 3. The third kappa shape index (κ3) is 2.95. The molecule has 1 heterocycles. The highest BCUT2D eigenvalue weighted by Gasteiger charge is 2.29. The Bertz CT molecular complexity index is 557. The number of piperazine rings is 1. The molecule has 19 heavy (non-hydrogen) atoms. The Morgan fingerprint density at radius 2 is 1.74 bits per heavy atom. The molecule has 0 saturated carbocycles. The molecule has 0 aliphatic carbocycles. The van der Waals surface area contributed by atoms with Crippen molar-refractivity contribution in [3.63, 3.8) is 0 Å². The van der Waals surface area contributed by atoms with E-state index in [0.29, 0.717) is 31.1 Å². The molecule has 1 aliphatic heterocycles. The molecule has 0 spiro atoms. The molecule has 0 unspecified atom stereocenters. The zero-order chi connectivity index (χ0) is 13.9. The van der Waals surface area contributed by atoms with Crippen molar-refractivity contribution in [3.05, 3.63) is 30.3 Å². The summed E-state index contributed by atoms with van der Waals surface area (Å²) in [4.78, 5) is 2.33. The van der Waals surface area contributed by atoms with Gasteiger partial charge in [-0.3, -0.25) is 4.90 Å². The number of benzene rings is 1. The summed E-state index contributed by atoms with van der Waals surface area (Å²) in [7, 11) is -3.39. The Labute approximate surface area is 114 Å². The van der Waals surface area contributed by atoms with Crippen LogP contribution < -0.4 is 0 Å². The van der Waals surface area contributed by atoms with Crippen LogP contribution in [0.25, 0.3) is 0 Å². The Hall–Kier alpha value is -1.42. The Kier molecular flexibility index (Phi) is 4.20. The molecule has 5 nitrogen and oxygen atoms in total. The summed E-state index contributed by atoms with van der Waals surface area (Å²) in [6.07, 6.45) is 0. The van der Waals surface area contributed by atoms with Crippen LogP contribution in [0.15, 0.2) is 35.2 Å². The highest BCUT2D eigenvalue weighted by atomic mass is 32.2. The lowest BCUT2D eigenvalue weighted by molar-refractivity contribution is 0.169. The van der Waals surface area contributed by atoms with Crippen LogP contribution in [-0.4, -0.2) is 49.8 Å². The van der Waals surface area contributed by atoms with Crippen LogP contribution >= 0.6 is 0 Å². The molecule has 0 amide bonds. The highest BCUT2D eigenvalue weighted by molar-refractivity contribution is 7.89. The number of nitrogens with zero attached hydrogens (tertiary/aromatic N) is 3. The van der Waals surface area contributed by atoms with E-state index in [-0.39, 0.29) is 6.04 Å². The van der Waals surface area contributed by atoms with E-state index in [1.54, 1.807) is 30.3 Å². The van der Waals surface area contributed by atoms with Crippen molar-refractivity contribution >= 4 is 10.0 Å². The molecule has 0 aromatic heterocycles. The van der Waals surface area contributed by atoms with Gasteiger partial charge < -0.3 is 0 Å². The highest BCUT2D eigenvalue weighted by Crippen LogP contribution is 2.17. The molecule has 2 rings (SSSR count). The monoisotopic (exact) mass is 279 g/mol. The molecule has 0 bridgehead atoms. The zero-order valence-electron chi connectivity index (χ0n) is 10.9. The molecule has 1 aromatic rings. The lowest BCUT2D eigenvalue weighted by Crippen LogP contribution is -2.50. The van der Waals surface area contributed by atoms with Gasteiger partial charge in [-0.2, -0.15) is 9.57 Å². The van der Waals surface area contributed by atoms with Gasteiger partial charge in [0, 0.05) is 26.2 Å². The van der Waals surface area contributed by atoms with Crippen molar-refractivity contribution in [2.75, 3.05) is 26.2 Å². The second-order valence-corrected chi connectivity index (χ2v) is 6.50. The predicted octanol–water partition coefficient (Wildman–Crippen LogP) is 0.905. The second-order valence-electron chi connectivity index (χ2n) is 4.56. The summed E-state index contributed by atoms with van der Waals surface area (Å²) in [5, 5.41) is 8.87. The van der Waals surface area contributed by atoms with Gasteiger partial charge in [0.1, 0.15) is 0 Å². The summed E-state index contributed by atoms with van der Waals surface area (Å²) in [5.74, 6) is 0. The molecule has 0 N–H and O–H groups in total. The van der Waals surface area contributed by atoms with Crippen molar-refractivity contribution < 1.29 is 8.42 Å². The number of sulfonamides is 1. The van der Waals surface area contributed by atoms with E-state index in [2.05, 4.69) is 6.07 Å². The maximum absolute atomic E-state index is 12.4. The van der Waals surface area contributed by atoms with Crippen molar-refractivity contribution in [1.29, 1.82) is 5.26 Å². The van der Waals surface area contributed by atoms with Gasteiger partial charge in [-0.05, 0) is 19.1 Å². The minimum absolute atomic E-state index is 0.165. The van der Waals surface area contributed by atoms with Gasteiger partial charge in [-0.1, -0.05) is 18.2 Å². The zero-order valence-corrected chi connectivity index (χ0v) is 11.7. The van der Waals surface area contributed by atoms with Gasteiger partial charge in [-0.15, -0.1) is 0 Å². The van der Waals surface area contributed by atoms with Crippen LogP contribution in [0.3, 0.4) is 0 Å². The number of hydrogen-bond acceptors (Lipinski definition) is 4. The molecular formula is C13H17N3O2S. The van der Waals surface area contributed by atoms with Crippen LogP contribution in [0.1, 0.15) is 6.92 Å². The third-order valence-electron chi connectivity index (χ3n) is 3.39. The number of hydrogen-bond donors (Lipinski definition) is 0. The summed E-state index contributed by atoms with van der Waals surface area (Å²) < 4.78 is 26.2. The number of nitriles is 1. The minimum atomic E-state index is -3.39. The molecule has 102 valence electrons. The SMILES string of the molecule is C[C@@H](C#N)N1CCN(S(=O)(=O)c2ccccc2)CC1. The third-order valence-corrected chi connectivity index (χ3v) is 5.30. The van der Waals surface area contributed by atoms with Gasteiger partial charge in [0.25, 0.3) is 0 Å². The topological polar surface area (TPSA) is 64.4 Å². The van der Waals surface area contributed by atoms with Gasteiger partial charge in [0.2, 0.25) is 10.0 Å². The first kappa shape index (κ1) is 14.0. The van der Waals surface area contributed by atoms with E-state index in [4.69, 9.17) is 5.26 Å². The Morgan fingerprint density at radius 1 is 1.16 bits per heavy atom. The van der Waals surface area contributed by atoms with Crippen LogP contribution in [0, 0.1) is 11.3 Å². The van der Waals surface area contributed by atoms with E-state index >= 15 is 0 Å². The summed E-state index contributed by atoms with van der Waals surface area (Å²) in [6.45, 7) is 3.90. The predicted molar refractivity (Wildman–Crippen MR) is 71.8 cm³/mol. The lowest BCUT2D eigenvalue weighted by Gasteiger charge is -2.35. The Morgan fingerprint density at radius 3 is 2.26 bits per heavy atom. The molecule has 6 heteroatoms. The molecule has 1 aromatic carbocycles. The maximum atomic E-state index is 12.4. The van der Waals surface area contributed by atoms with Crippen molar-refractivity contribution in [2.24, 2.45) is 0 Å². The van der Waals surface area contributed by atoms with Crippen LogP contribution in [0.5, 0.6) is 0 Å². The fraction of sp³-hybridized carbons (Fsp3) is 0.462. The van der Waals surface area contributed by atoms with E-state index in [0.717, 1.165) is 0 Å². The first-order valence-electron chi connectivity index (χ1n) is 6.24. The summed E-state index contributed by atoms with van der Waals surface area (Å²) >= 11 is 0. The van der Waals surface area contributed by atoms with Crippen molar-refractivity contribution in [1.82, 2.24) is 9.21 Å². The Balaban J connectivity index is 2.08. The van der Waals surface area contributed by atoms with Gasteiger partial charge in [0.05, 0.1) is 17.0 Å². The van der Waals surface area contributed by atoms with Crippen molar-refractivity contribution in [3.8, 4) is 6.07 Å². The largest absolute Gasteiger partial charge is 0.286 e. The fourth-order valence-electron chi connectivity index (χ4n) is 2.15. The molecule has 1 fully saturated rings. The summed E-state index contributed by atoms with van der Waals surface area (Å²) in [5.41, 5.74) is 0. The molecule has 1 saturated heterocycles. The fourth-order valence-corrected chi connectivity index (χ4v) is 3.60. The minimum Gasteiger partial charge on any atom is -0.286 e. The average molecular weight is 279 g/mol. The smallest absolute Gasteiger partial charge is 0.243 e. The van der Waals surface area contributed by atoms with Crippen LogP contribution in [-0.2, 0) is 10.0 Å². The van der Waals surface area contributed by atoms with Gasteiger partial charge in [-0.25, -0.2) is 8.42 Å². The first-order valence-corrected chi connectivity index (χ1v) is 7.68. The molecule has 1 atom stereocenters. The molecular weight excluding hydrogens is 262 g/mol. The molecule has 0 radical (unpaired) electrons. The molecule has 1 aliphatic rings. The van der Waals surface area contributed by atoms with Crippen molar-refractivity contribution in [2.45, 2.75) is 17.9 Å². The van der Waals surface area contributed by atoms with E-state index in [9.17, 15) is 8.42 Å². The quantitative estimate of drug-likeness (QED) is 0.825. The first-order chi connectivity index (χ1) is 9.05. The maximum Gasteiger partial charge on any atom is 0.243 e. The van der Waals surface area contributed by atoms with Gasteiger partial charge in [0.15, 0.2) is 0 Å². The normalized spacial score (nSPS) is 19.8. The van der Waals surface area contributed by atoms with Crippen LogP contribution in [0.2, 0.25) is 0 Å². The summed E-state index contributed by atoms with van der Waals surface area (Å²) in [6, 6.07) is 10.5. The lowest BCUT2D eigenvalue weighted by atomic mass is 10.2. The van der Waals surface area contributed by atoms with Crippen LogP contribution in [0.4, 0.5) is 0 Å². The van der Waals surface area contributed by atoms with E-state index < -0.39 is 10.0 Å². The van der Waals surface area contributed by atoms with E-state index in [1.165, 1.54) is 4.31 Å². The second kappa shape index (κ2) is 5.70. The average Bonchev–Trinajstić information content (AvgIpc) is 2.47. The van der Waals surface area contributed by atoms with E-state index in [1.807, 2.05) is 11.8 Å². The van der Waals surface area contributed by atoms with Gasteiger partial charge >= 0.3 is 0 Å². The standard InChI is InChI=1S/C13H17N3O2S/c1-12(11-14)15-7-9-16(10-8-15)19(17,18)13-5-3-2-4-6-13/h2-6,12H,7-10H2,1H3/t12-/m0/s1.